The van der Waals surface area contributed by atoms with Crippen molar-refractivity contribution in [2.45, 2.75) is 6.54 Å². The van der Waals surface area contributed by atoms with Gasteiger partial charge in [-0.05, 0) is 30.3 Å². The molecule has 1 heterocycles. The van der Waals surface area contributed by atoms with E-state index in [4.69, 9.17) is 0 Å². The number of amides is 1. The van der Waals surface area contributed by atoms with E-state index in [9.17, 15) is 13.6 Å². The number of carbonyl (C=O) groups is 1. The maximum absolute atomic E-state index is 13.9. The van der Waals surface area contributed by atoms with E-state index in [0.29, 0.717) is 5.69 Å². The molecule has 0 radical (unpaired) electrons. The monoisotopic (exact) mass is 389 g/mol. The molecule has 0 spiro atoms. The summed E-state index contributed by atoms with van der Waals surface area (Å²) in [5.74, 6) is -2.13. The van der Waals surface area contributed by atoms with E-state index >= 15 is 0 Å². The largest absolute Gasteiger partial charge is 0.348 e. The van der Waals surface area contributed by atoms with Gasteiger partial charge in [0.05, 0.1) is 16.9 Å². The molecule has 4 nitrogen and oxygen atoms in total. The lowest BCUT2D eigenvalue weighted by Gasteiger charge is -2.07. The molecule has 0 fully saturated rings. The van der Waals surface area contributed by atoms with Crippen LogP contribution in [0.3, 0.4) is 0 Å². The van der Waals surface area contributed by atoms with E-state index in [1.54, 1.807) is 4.68 Å². The predicted octanol–water partition coefficient (Wildman–Crippen LogP) is 4.75. The molecule has 0 saturated heterocycles. The van der Waals surface area contributed by atoms with Gasteiger partial charge in [-0.15, -0.1) is 0 Å². The lowest BCUT2D eigenvalue weighted by atomic mass is 10.1. The summed E-state index contributed by atoms with van der Waals surface area (Å²) in [7, 11) is 0. The Kier molecular flexibility index (Phi) is 5.16. The fraction of sp³-hybridized carbons (Fsp3) is 0.0435. The number of nitrogens with zero attached hydrogens (tertiary/aromatic N) is 2. The van der Waals surface area contributed by atoms with Crippen molar-refractivity contribution in [1.82, 2.24) is 15.1 Å². The normalized spacial score (nSPS) is 10.7. The third-order valence-electron chi connectivity index (χ3n) is 4.47. The van der Waals surface area contributed by atoms with E-state index in [2.05, 4.69) is 10.4 Å². The third kappa shape index (κ3) is 4.06. The number of nitrogens with one attached hydrogen (secondary N) is 1. The minimum absolute atomic E-state index is 0.117. The Morgan fingerprint density at radius 2 is 1.62 bits per heavy atom. The molecule has 4 aromatic rings. The van der Waals surface area contributed by atoms with Gasteiger partial charge in [0, 0.05) is 23.9 Å². The minimum Gasteiger partial charge on any atom is -0.348 e. The van der Waals surface area contributed by atoms with E-state index in [0.717, 1.165) is 35.0 Å². The van der Waals surface area contributed by atoms with Gasteiger partial charge in [-0.1, -0.05) is 48.5 Å². The number of hydrogen-bond acceptors (Lipinski definition) is 2. The van der Waals surface area contributed by atoms with Crippen molar-refractivity contribution in [2.75, 3.05) is 0 Å². The van der Waals surface area contributed by atoms with Crippen LogP contribution in [0.2, 0.25) is 0 Å². The van der Waals surface area contributed by atoms with Crippen molar-refractivity contribution in [3.63, 3.8) is 0 Å². The molecule has 0 saturated carbocycles. The highest BCUT2D eigenvalue weighted by atomic mass is 19.1. The molecule has 3 aromatic carbocycles. The van der Waals surface area contributed by atoms with Crippen molar-refractivity contribution in [2.24, 2.45) is 0 Å². The highest BCUT2D eigenvalue weighted by Gasteiger charge is 2.16. The zero-order valence-electron chi connectivity index (χ0n) is 15.3. The number of hydrogen-bond donors (Lipinski definition) is 1. The molecule has 0 bridgehead atoms. The molecule has 6 heteroatoms. The van der Waals surface area contributed by atoms with Gasteiger partial charge in [-0.2, -0.15) is 5.10 Å². The molecule has 144 valence electrons. The smallest absolute Gasteiger partial charge is 0.254 e. The van der Waals surface area contributed by atoms with Crippen molar-refractivity contribution in [3.8, 4) is 16.9 Å². The minimum atomic E-state index is -0.771. The molecular formula is C23H17F2N3O. The van der Waals surface area contributed by atoms with E-state index in [1.165, 1.54) is 0 Å². The van der Waals surface area contributed by atoms with Crippen LogP contribution in [0.25, 0.3) is 16.9 Å². The summed E-state index contributed by atoms with van der Waals surface area (Å²) >= 11 is 0. The number of benzene rings is 3. The van der Waals surface area contributed by atoms with Gasteiger partial charge in [0.25, 0.3) is 5.91 Å². The van der Waals surface area contributed by atoms with E-state index < -0.39 is 17.5 Å². The first-order chi connectivity index (χ1) is 14.1. The Balaban J connectivity index is 1.64. The van der Waals surface area contributed by atoms with Crippen LogP contribution < -0.4 is 5.32 Å². The summed E-state index contributed by atoms with van der Waals surface area (Å²) < 4.78 is 29.0. The second-order valence-electron chi connectivity index (χ2n) is 6.46. The van der Waals surface area contributed by atoms with Crippen LogP contribution in [0.15, 0.2) is 85.1 Å². The number of aromatic nitrogens is 2. The Bertz CT molecular complexity index is 1140. The standard InChI is InChI=1S/C23H17F2N3O/c24-18-11-12-21(25)20(13-18)23(29)26-14-17-15-28(19-9-5-2-6-10-19)27-22(17)16-7-3-1-4-8-16/h1-13,15H,14H2,(H,26,29). The zero-order chi connectivity index (χ0) is 20.2. The van der Waals surface area contributed by atoms with Crippen molar-refractivity contribution in [3.05, 3.63) is 108 Å². The van der Waals surface area contributed by atoms with Gasteiger partial charge in [0.1, 0.15) is 11.6 Å². The topological polar surface area (TPSA) is 46.9 Å². The average molecular weight is 389 g/mol. The van der Waals surface area contributed by atoms with E-state index in [1.807, 2.05) is 66.9 Å². The molecule has 0 unspecified atom stereocenters. The first kappa shape index (κ1) is 18.6. The number of para-hydroxylation sites is 1. The van der Waals surface area contributed by atoms with Gasteiger partial charge < -0.3 is 5.32 Å². The Hall–Kier alpha value is -3.80. The van der Waals surface area contributed by atoms with Crippen molar-refractivity contribution < 1.29 is 13.6 Å². The van der Waals surface area contributed by atoms with Gasteiger partial charge in [0.15, 0.2) is 0 Å². The summed E-state index contributed by atoms with van der Waals surface area (Å²) in [6.07, 6.45) is 1.82. The molecule has 1 aromatic heterocycles. The second-order valence-corrected chi connectivity index (χ2v) is 6.46. The summed E-state index contributed by atoms with van der Waals surface area (Å²) in [6, 6.07) is 21.9. The molecule has 0 atom stereocenters. The molecule has 0 aliphatic rings. The molecule has 1 N–H and O–H groups in total. The van der Waals surface area contributed by atoms with Crippen molar-refractivity contribution in [1.29, 1.82) is 0 Å². The van der Waals surface area contributed by atoms with E-state index in [-0.39, 0.29) is 12.1 Å². The highest BCUT2D eigenvalue weighted by molar-refractivity contribution is 5.94. The van der Waals surface area contributed by atoms with Crippen LogP contribution in [0.1, 0.15) is 15.9 Å². The van der Waals surface area contributed by atoms with Gasteiger partial charge in [-0.25, -0.2) is 13.5 Å². The zero-order valence-corrected chi connectivity index (χ0v) is 15.3. The quantitative estimate of drug-likeness (QED) is 0.536. The van der Waals surface area contributed by atoms with Crippen LogP contribution in [0.5, 0.6) is 0 Å². The molecular weight excluding hydrogens is 372 g/mol. The van der Waals surface area contributed by atoms with Crippen LogP contribution in [0, 0.1) is 11.6 Å². The third-order valence-corrected chi connectivity index (χ3v) is 4.47. The summed E-state index contributed by atoms with van der Waals surface area (Å²) in [6.45, 7) is 0.117. The average Bonchev–Trinajstić information content (AvgIpc) is 3.19. The predicted molar refractivity (Wildman–Crippen MR) is 107 cm³/mol. The molecule has 4 rings (SSSR count). The van der Waals surface area contributed by atoms with Crippen LogP contribution in [0.4, 0.5) is 8.78 Å². The van der Waals surface area contributed by atoms with Crippen LogP contribution in [-0.4, -0.2) is 15.7 Å². The number of rotatable bonds is 5. The second kappa shape index (κ2) is 8.06. The number of carbonyl (C=O) groups excluding carboxylic acids is 1. The fourth-order valence-electron chi connectivity index (χ4n) is 3.03. The highest BCUT2D eigenvalue weighted by Crippen LogP contribution is 2.23. The van der Waals surface area contributed by atoms with Gasteiger partial charge in [0.2, 0.25) is 0 Å². The molecule has 0 aliphatic heterocycles. The number of halogens is 2. The first-order valence-electron chi connectivity index (χ1n) is 9.04. The Labute approximate surface area is 166 Å². The van der Waals surface area contributed by atoms with Gasteiger partial charge >= 0.3 is 0 Å². The Morgan fingerprint density at radius 1 is 0.931 bits per heavy atom. The molecule has 1 amide bonds. The maximum Gasteiger partial charge on any atom is 0.254 e. The molecule has 0 aliphatic carbocycles. The fourth-order valence-corrected chi connectivity index (χ4v) is 3.03. The van der Waals surface area contributed by atoms with Crippen LogP contribution >= 0.6 is 0 Å². The van der Waals surface area contributed by atoms with Gasteiger partial charge in [-0.3, -0.25) is 4.79 Å². The maximum atomic E-state index is 13.9. The lowest BCUT2D eigenvalue weighted by Crippen LogP contribution is -2.24. The Morgan fingerprint density at radius 3 is 2.34 bits per heavy atom. The SMILES string of the molecule is O=C(NCc1cn(-c2ccccc2)nc1-c1ccccc1)c1cc(F)ccc1F. The summed E-state index contributed by atoms with van der Waals surface area (Å²) in [5, 5.41) is 7.32. The van der Waals surface area contributed by atoms with Crippen molar-refractivity contribution >= 4 is 5.91 Å². The summed E-state index contributed by atoms with van der Waals surface area (Å²) in [4.78, 5) is 12.4. The van der Waals surface area contributed by atoms with Crippen LogP contribution in [-0.2, 0) is 6.54 Å². The lowest BCUT2D eigenvalue weighted by molar-refractivity contribution is 0.0946. The molecule has 29 heavy (non-hydrogen) atoms. The summed E-state index contributed by atoms with van der Waals surface area (Å²) in [5.41, 5.74) is 2.89. The first-order valence-corrected chi connectivity index (χ1v) is 9.04.